The lowest BCUT2D eigenvalue weighted by molar-refractivity contribution is -0.144. The number of carbonyl (C=O) groups is 4. The van der Waals surface area contributed by atoms with E-state index in [-0.39, 0.29) is 31.7 Å². The van der Waals surface area contributed by atoms with Gasteiger partial charge >= 0.3 is 0 Å². The molecule has 1 aliphatic carbocycles. The van der Waals surface area contributed by atoms with E-state index in [0.717, 1.165) is 25.7 Å². The molecule has 0 aromatic carbocycles. The van der Waals surface area contributed by atoms with Crippen molar-refractivity contribution in [2.75, 3.05) is 18.1 Å². The number of ketones is 1. The van der Waals surface area contributed by atoms with Gasteiger partial charge in [0.1, 0.15) is 17.2 Å². The molecule has 0 spiro atoms. The number of aromatic nitrogens is 3. The minimum atomic E-state index is -1.39. The van der Waals surface area contributed by atoms with Gasteiger partial charge in [0, 0.05) is 13.0 Å². The molecule has 2 aliphatic heterocycles. The summed E-state index contributed by atoms with van der Waals surface area (Å²) in [4.78, 5) is 53.8. The maximum atomic E-state index is 13.8. The minimum Gasteiger partial charge on any atom is -0.384 e. The van der Waals surface area contributed by atoms with Crippen LogP contribution < -0.4 is 16.8 Å². The normalized spacial score (nSPS) is 24.8. The second kappa shape index (κ2) is 11.9. The predicted octanol–water partition coefficient (Wildman–Crippen LogP) is 0.382. The van der Waals surface area contributed by atoms with Crippen LogP contribution in [0.15, 0.2) is 6.20 Å². The van der Waals surface area contributed by atoms with Gasteiger partial charge in [0.2, 0.25) is 17.6 Å². The van der Waals surface area contributed by atoms with E-state index in [1.165, 1.54) is 17.5 Å². The zero-order valence-corrected chi connectivity index (χ0v) is 23.6. The van der Waals surface area contributed by atoms with Crippen LogP contribution in [0.5, 0.6) is 0 Å². The lowest BCUT2D eigenvalue weighted by Crippen LogP contribution is -2.63. The largest absolute Gasteiger partial charge is 0.384 e. The number of hydrogen-bond acceptors (Lipinski definition) is 9. The van der Waals surface area contributed by atoms with Gasteiger partial charge in [-0.3, -0.25) is 19.2 Å². The predicted molar refractivity (Wildman–Crippen MR) is 145 cm³/mol. The van der Waals surface area contributed by atoms with Crippen LogP contribution >= 0.6 is 11.8 Å². The van der Waals surface area contributed by atoms with Crippen molar-refractivity contribution in [3.05, 3.63) is 11.9 Å². The number of hydrogen-bond donors (Lipinski definition) is 4. The summed E-state index contributed by atoms with van der Waals surface area (Å²) >= 11 is 1.64. The van der Waals surface area contributed by atoms with Crippen LogP contribution in [0.3, 0.4) is 0 Å². The first-order chi connectivity index (χ1) is 18.4. The molecule has 1 aromatic heterocycles. The Morgan fingerprint density at radius 2 is 1.87 bits per heavy atom. The van der Waals surface area contributed by atoms with E-state index in [1.54, 1.807) is 30.3 Å². The number of nitrogens with zero attached hydrogens (tertiary/aromatic N) is 4. The van der Waals surface area contributed by atoms with Crippen molar-refractivity contribution in [2.45, 2.75) is 101 Å². The molecule has 1 aromatic rings. The van der Waals surface area contributed by atoms with Crippen molar-refractivity contribution < 1.29 is 24.3 Å². The lowest BCUT2D eigenvalue weighted by atomic mass is 9.84. The summed E-state index contributed by atoms with van der Waals surface area (Å²) < 4.78 is 1.56. The van der Waals surface area contributed by atoms with Crippen LogP contribution in [-0.2, 0) is 24.8 Å². The molecular weight excluding hydrogens is 522 g/mol. The molecule has 3 aliphatic rings. The highest BCUT2D eigenvalue weighted by Crippen LogP contribution is 2.34. The van der Waals surface area contributed by atoms with Crippen LogP contribution in [-0.4, -0.2) is 84.2 Å². The summed E-state index contributed by atoms with van der Waals surface area (Å²) in [5.41, 5.74) is 9.62. The molecule has 13 heteroatoms. The Kier molecular flexibility index (Phi) is 9.01. The van der Waals surface area contributed by atoms with Crippen molar-refractivity contribution in [3.63, 3.8) is 0 Å². The van der Waals surface area contributed by atoms with Gasteiger partial charge < -0.3 is 26.8 Å². The number of amides is 3. The van der Waals surface area contributed by atoms with Crippen molar-refractivity contribution >= 4 is 35.3 Å². The van der Waals surface area contributed by atoms with E-state index < -0.39 is 46.9 Å². The lowest BCUT2D eigenvalue weighted by Gasteiger charge is -2.37. The number of thioether (sulfide) groups is 1. The second-order valence-corrected chi connectivity index (χ2v) is 13.0. The van der Waals surface area contributed by atoms with E-state index in [9.17, 15) is 24.3 Å². The van der Waals surface area contributed by atoms with Gasteiger partial charge in [-0.2, -0.15) is 11.8 Å². The number of Topliss-reactive ketones (excluding diaryl/α,β-unsaturated/α-hetero) is 1. The van der Waals surface area contributed by atoms with E-state index in [2.05, 4.69) is 15.6 Å². The maximum Gasteiger partial charge on any atom is 0.287 e. The Labute approximate surface area is 233 Å². The Balaban J connectivity index is 1.60. The fourth-order valence-corrected chi connectivity index (χ4v) is 7.40. The molecule has 0 radical (unpaired) electrons. The third-order valence-corrected chi connectivity index (χ3v) is 9.39. The first kappa shape index (κ1) is 29.5. The molecule has 3 heterocycles. The van der Waals surface area contributed by atoms with Gasteiger partial charge in [-0.25, -0.2) is 4.68 Å². The van der Waals surface area contributed by atoms with Crippen molar-refractivity contribution in [2.24, 2.45) is 17.4 Å². The zero-order valence-electron chi connectivity index (χ0n) is 22.8. The topological polar surface area (TPSA) is 187 Å². The third kappa shape index (κ3) is 6.46. The highest BCUT2D eigenvalue weighted by molar-refractivity contribution is 7.99. The fraction of sp³-hybridized carbons (Fsp3) is 0.769. The summed E-state index contributed by atoms with van der Waals surface area (Å²) in [5.74, 6) is -1.21. The van der Waals surface area contributed by atoms with E-state index >= 15 is 0 Å². The Morgan fingerprint density at radius 3 is 2.49 bits per heavy atom. The molecule has 12 nitrogen and oxygen atoms in total. The van der Waals surface area contributed by atoms with Gasteiger partial charge in [-0.1, -0.05) is 37.3 Å². The standard InChI is InChI=1S/C26H41N7O5S/c1-25(2,38)20-14-29-31-33(20)17-13-19(23(36)30-26(21(34)22(28)35)8-10-39-11-9-26)32(15-17)24(37)18(27)12-16-6-4-3-5-7-16/h14,16-19,38H,3-13,15,27H2,1-2H3,(H2,28,35)(H,30,36)/t17?,18-,19?/m1/s1. The molecule has 216 valence electrons. The van der Waals surface area contributed by atoms with Gasteiger partial charge in [0.15, 0.2) is 0 Å². The summed E-state index contributed by atoms with van der Waals surface area (Å²) in [5, 5.41) is 21.6. The van der Waals surface area contributed by atoms with Crippen molar-refractivity contribution in [1.82, 2.24) is 25.2 Å². The smallest absolute Gasteiger partial charge is 0.287 e. The minimum absolute atomic E-state index is 0.147. The molecular formula is C26H41N7O5S. The molecule has 3 amide bonds. The molecule has 2 saturated heterocycles. The van der Waals surface area contributed by atoms with Crippen molar-refractivity contribution in [1.29, 1.82) is 0 Å². The number of nitrogens with two attached hydrogens (primary N) is 2. The number of likely N-dealkylation sites (tertiary alicyclic amines) is 1. The number of aliphatic hydroxyl groups is 1. The Hall–Kier alpha value is -2.51. The summed E-state index contributed by atoms with van der Waals surface area (Å²) in [6, 6.07) is -2.15. The van der Waals surface area contributed by atoms with Gasteiger partial charge in [0.25, 0.3) is 5.91 Å². The van der Waals surface area contributed by atoms with Crippen LogP contribution in [0.4, 0.5) is 0 Å². The molecule has 3 atom stereocenters. The number of carbonyl (C=O) groups excluding carboxylic acids is 4. The van der Waals surface area contributed by atoms with Gasteiger partial charge in [-0.05, 0) is 50.5 Å². The van der Waals surface area contributed by atoms with E-state index in [1.807, 2.05) is 0 Å². The average Bonchev–Trinajstić information content (AvgIpc) is 3.56. The van der Waals surface area contributed by atoms with Gasteiger partial charge in [0.05, 0.1) is 24.0 Å². The van der Waals surface area contributed by atoms with Crippen LogP contribution in [0.25, 0.3) is 0 Å². The molecule has 4 rings (SSSR count). The molecule has 2 unspecified atom stereocenters. The average molecular weight is 564 g/mol. The first-order valence-electron chi connectivity index (χ1n) is 13.9. The number of primary amides is 1. The third-order valence-electron chi connectivity index (χ3n) is 8.41. The SMILES string of the molecule is CC(C)(O)c1cnnn1C1CC(C(=O)NC2(C(=O)C(N)=O)CCSCC2)N(C(=O)[C@H](N)CC2CCCCC2)C1. The molecule has 1 saturated carbocycles. The van der Waals surface area contributed by atoms with Crippen LogP contribution in [0.2, 0.25) is 0 Å². The summed E-state index contributed by atoms with van der Waals surface area (Å²) in [6.45, 7) is 3.38. The monoisotopic (exact) mass is 563 g/mol. The Morgan fingerprint density at radius 1 is 1.21 bits per heavy atom. The summed E-state index contributed by atoms with van der Waals surface area (Å²) in [7, 11) is 0. The maximum absolute atomic E-state index is 13.8. The van der Waals surface area contributed by atoms with Gasteiger partial charge in [-0.15, -0.1) is 5.10 Å². The second-order valence-electron chi connectivity index (χ2n) is 11.7. The van der Waals surface area contributed by atoms with Crippen LogP contribution in [0, 0.1) is 5.92 Å². The molecule has 6 N–H and O–H groups in total. The van der Waals surface area contributed by atoms with Crippen molar-refractivity contribution in [3.8, 4) is 0 Å². The highest BCUT2D eigenvalue weighted by Gasteiger charge is 2.48. The van der Waals surface area contributed by atoms with Crippen LogP contribution in [0.1, 0.15) is 83.4 Å². The number of nitrogens with one attached hydrogen (secondary N) is 1. The molecule has 0 bridgehead atoms. The summed E-state index contributed by atoms with van der Waals surface area (Å²) in [6.07, 6.45) is 8.30. The quantitative estimate of drug-likeness (QED) is 0.308. The Bertz CT molecular complexity index is 1070. The fourth-order valence-electron chi connectivity index (χ4n) is 6.21. The zero-order chi connectivity index (χ0) is 28.4. The van der Waals surface area contributed by atoms with E-state index in [4.69, 9.17) is 11.5 Å². The highest BCUT2D eigenvalue weighted by atomic mass is 32.2. The first-order valence-corrected chi connectivity index (χ1v) is 15.0. The number of rotatable bonds is 9. The molecule has 3 fully saturated rings. The van der Waals surface area contributed by atoms with E-state index in [0.29, 0.717) is 29.5 Å². The molecule has 39 heavy (non-hydrogen) atoms.